The van der Waals surface area contributed by atoms with Gasteiger partial charge in [0.1, 0.15) is 5.00 Å². The third-order valence-corrected chi connectivity index (χ3v) is 9.94. The summed E-state index contributed by atoms with van der Waals surface area (Å²) < 4.78 is 28.2. The van der Waals surface area contributed by atoms with E-state index in [1.807, 2.05) is 41.5 Å². The van der Waals surface area contributed by atoms with Crippen molar-refractivity contribution in [2.75, 3.05) is 44.6 Å². The van der Waals surface area contributed by atoms with Crippen LogP contribution in [0.4, 0.5) is 5.00 Å². The minimum absolute atomic E-state index is 0.0606. The van der Waals surface area contributed by atoms with Crippen molar-refractivity contribution in [3.63, 3.8) is 0 Å². The van der Waals surface area contributed by atoms with Gasteiger partial charge < -0.3 is 10.2 Å². The number of rotatable bonds is 12. The van der Waals surface area contributed by atoms with Gasteiger partial charge in [0, 0.05) is 49.7 Å². The van der Waals surface area contributed by atoms with Crippen LogP contribution >= 0.6 is 11.3 Å². The Bertz CT molecular complexity index is 1240. The second kappa shape index (κ2) is 13.4. The fourth-order valence-electron chi connectivity index (χ4n) is 4.90. The first kappa shape index (κ1) is 31.3. The molecule has 0 atom stereocenters. The van der Waals surface area contributed by atoms with E-state index in [4.69, 9.17) is 0 Å². The Kier molecular flexibility index (Phi) is 10.7. The molecule has 1 aliphatic heterocycles. The van der Waals surface area contributed by atoms with E-state index in [0.29, 0.717) is 42.3 Å². The van der Waals surface area contributed by atoms with Gasteiger partial charge >= 0.3 is 0 Å². The maximum absolute atomic E-state index is 13.5. The Morgan fingerprint density at radius 3 is 2.10 bits per heavy atom. The van der Waals surface area contributed by atoms with Gasteiger partial charge in [0.05, 0.1) is 10.5 Å². The summed E-state index contributed by atoms with van der Waals surface area (Å²) in [5.74, 6) is -0.0370. The number of carbonyl (C=O) groups excluding carboxylic acids is 2. The average molecular weight is 577 g/mol. The first-order valence-corrected chi connectivity index (χ1v) is 16.3. The van der Waals surface area contributed by atoms with Crippen LogP contribution in [0.2, 0.25) is 0 Å². The molecule has 1 aromatic carbocycles. The Labute approximate surface area is 238 Å². The number of carbonyl (C=O) groups is 2. The minimum Gasteiger partial charge on any atom is -0.339 e. The molecule has 1 aliphatic rings. The number of hydrogen-bond acceptors (Lipinski definition) is 6. The van der Waals surface area contributed by atoms with Crippen molar-refractivity contribution in [3.05, 3.63) is 45.8 Å². The van der Waals surface area contributed by atoms with Crippen molar-refractivity contribution in [2.45, 2.75) is 66.3 Å². The first-order chi connectivity index (χ1) is 18.4. The quantitative estimate of drug-likeness (QED) is 0.377. The van der Waals surface area contributed by atoms with Crippen LogP contribution in [-0.2, 0) is 23.0 Å². The van der Waals surface area contributed by atoms with Crippen LogP contribution in [0.3, 0.4) is 0 Å². The van der Waals surface area contributed by atoms with E-state index >= 15 is 0 Å². The van der Waals surface area contributed by atoms with E-state index in [9.17, 15) is 18.0 Å². The lowest BCUT2D eigenvalue weighted by molar-refractivity contribution is 0.0772. The van der Waals surface area contributed by atoms with Crippen LogP contribution in [0.15, 0.2) is 29.2 Å². The number of hydrogen-bond donors (Lipinski definition) is 1. The van der Waals surface area contributed by atoms with Crippen LogP contribution < -0.4 is 5.32 Å². The summed E-state index contributed by atoms with van der Waals surface area (Å²) in [4.78, 5) is 32.2. The number of nitrogens with one attached hydrogen (secondary N) is 1. The summed E-state index contributed by atoms with van der Waals surface area (Å²) in [6, 6.07) is 6.09. The van der Waals surface area contributed by atoms with Crippen molar-refractivity contribution in [1.82, 2.24) is 14.1 Å². The molecule has 2 amide bonds. The predicted molar refractivity (Wildman–Crippen MR) is 159 cm³/mol. The molecule has 1 N–H and O–H groups in total. The molecule has 0 radical (unpaired) electrons. The lowest BCUT2D eigenvalue weighted by Crippen LogP contribution is -2.37. The molecule has 1 aromatic heterocycles. The summed E-state index contributed by atoms with van der Waals surface area (Å²) in [6.45, 7) is 18.7. The fourth-order valence-corrected chi connectivity index (χ4v) is 7.94. The molecule has 8 nitrogen and oxygen atoms in total. The molecule has 0 spiro atoms. The summed E-state index contributed by atoms with van der Waals surface area (Å²) in [5, 5.41) is 3.55. The molecule has 3 rings (SSSR count). The predicted octanol–water partition coefficient (Wildman–Crippen LogP) is 5.16. The van der Waals surface area contributed by atoms with Gasteiger partial charge in [-0.2, -0.15) is 4.31 Å². The highest BCUT2D eigenvalue weighted by Crippen LogP contribution is 2.38. The largest absolute Gasteiger partial charge is 0.339 e. The van der Waals surface area contributed by atoms with E-state index in [1.165, 1.54) is 27.8 Å². The van der Waals surface area contributed by atoms with E-state index in [2.05, 4.69) is 17.1 Å². The Morgan fingerprint density at radius 1 is 1.00 bits per heavy atom. The third kappa shape index (κ3) is 7.28. The Hall–Kier alpha value is -2.27. The summed E-state index contributed by atoms with van der Waals surface area (Å²) in [6.07, 6.45) is 0.772. The highest BCUT2D eigenvalue weighted by atomic mass is 32.2. The van der Waals surface area contributed by atoms with Gasteiger partial charge in [-0.15, -0.1) is 11.3 Å². The first-order valence-electron chi connectivity index (χ1n) is 14.0. The second-order valence-corrected chi connectivity index (χ2v) is 13.9. The summed E-state index contributed by atoms with van der Waals surface area (Å²) >= 11 is 1.47. The molecule has 0 saturated carbocycles. The van der Waals surface area contributed by atoms with Crippen molar-refractivity contribution in [2.24, 2.45) is 11.8 Å². The summed E-state index contributed by atoms with van der Waals surface area (Å²) in [7, 11) is -3.69. The topological polar surface area (TPSA) is 90.0 Å². The number of likely N-dealkylation sites (N-methyl/N-ethyl adjacent to an activating group) is 1. The van der Waals surface area contributed by atoms with Crippen LogP contribution in [0.1, 0.15) is 79.6 Å². The molecule has 0 saturated heterocycles. The SMILES string of the molecule is CCN1CCc2c(sc(NC(=O)c3ccc(S(=O)(=O)N(CC(C)C)CC(C)C)cc3)c2C(=O)N(CC)CC)C1. The van der Waals surface area contributed by atoms with Crippen LogP contribution in [0.25, 0.3) is 0 Å². The lowest BCUT2D eigenvalue weighted by atomic mass is 10.0. The number of amides is 2. The van der Waals surface area contributed by atoms with Gasteiger partial charge in [0.2, 0.25) is 10.0 Å². The van der Waals surface area contributed by atoms with Crippen LogP contribution in [-0.4, -0.2) is 73.6 Å². The number of sulfonamides is 1. The maximum Gasteiger partial charge on any atom is 0.257 e. The van der Waals surface area contributed by atoms with Gasteiger partial charge in [-0.3, -0.25) is 14.5 Å². The van der Waals surface area contributed by atoms with E-state index < -0.39 is 10.0 Å². The van der Waals surface area contributed by atoms with Gasteiger partial charge in [0.15, 0.2) is 0 Å². The molecule has 216 valence electrons. The third-order valence-electron chi connectivity index (χ3n) is 6.97. The van der Waals surface area contributed by atoms with E-state index in [1.54, 1.807) is 17.0 Å². The number of anilines is 1. The number of benzene rings is 1. The fraction of sp³-hybridized carbons (Fsp3) is 0.586. The monoisotopic (exact) mass is 576 g/mol. The lowest BCUT2D eigenvalue weighted by Gasteiger charge is -2.26. The Morgan fingerprint density at radius 2 is 1.59 bits per heavy atom. The van der Waals surface area contributed by atoms with Crippen LogP contribution in [0.5, 0.6) is 0 Å². The number of fused-ring (bicyclic) bond motifs is 1. The van der Waals surface area contributed by atoms with E-state index in [0.717, 1.165) is 36.5 Å². The van der Waals surface area contributed by atoms with Gasteiger partial charge in [-0.1, -0.05) is 34.6 Å². The molecular formula is C29H44N4O4S2. The number of nitrogens with zero attached hydrogens (tertiary/aromatic N) is 3. The molecule has 0 aliphatic carbocycles. The zero-order valence-corrected chi connectivity index (χ0v) is 26.0. The number of thiophene rings is 1. The van der Waals surface area contributed by atoms with Crippen molar-refractivity contribution in [3.8, 4) is 0 Å². The maximum atomic E-state index is 13.5. The van der Waals surface area contributed by atoms with Crippen LogP contribution in [0, 0.1) is 11.8 Å². The second-order valence-electron chi connectivity index (χ2n) is 10.9. The van der Waals surface area contributed by atoms with E-state index in [-0.39, 0.29) is 28.5 Å². The molecule has 10 heteroatoms. The van der Waals surface area contributed by atoms with Crippen molar-refractivity contribution >= 4 is 38.2 Å². The zero-order chi connectivity index (χ0) is 28.9. The normalized spacial score (nSPS) is 14.2. The Balaban J connectivity index is 1.89. The minimum atomic E-state index is -3.69. The van der Waals surface area contributed by atoms with Crippen molar-refractivity contribution < 1.29 is 18.0 Å². The highest BCUT2D eigenvalue weighted by molar-refractivity contribution is 7.89. The van der Waals surface area contributed by atoms with Gasteiger partial charge in [-0.25, -0.2) is 8.42 Å². The average Bonchev–Trinajstić information content (AvgIpc) is 3.25. The molecule has 0 fully saturated rings. The van der Waals surface area contributed by atoms with Crippen molar-refractivity contribution in [1.29, 1.82) is 0 Å². The van der Waals surface area contributed by atoms with Gasteiger partial charge in [-0.05, 0) is 68.5 Å². The molecule has 2 heterocycles. The highest BCUT2D eigenvalue weighted by Gasteiger charge is 2.31. The molecule has 0 bridgehead atoms. The standard InChI is InChI=1S/C29H44N4O4S2/c1-8-31-16-15-24-25(19-31)38-28(26(24)29(35)32(9-2)10-3)30-27(34)22-11-13-23(14-12-22)39(36,37)33(17-20(4)5)18-21(6)7/h11-14,20-21H,8-10,15-19H2,1-7H3,(H,30,34). The molecule has 0 unspecified atom stereocenters. The smallest absolute Gasteiger partial charge is 0.257 e. The molecule has 2 aromatic rings. The summed E-state index contributed by atoms with van der Waals surface area (Å²) in [5.41, 5.74) is 1.98. The molecular weight excluding hydrogens is 532 g/mol. The van der Waals surface area contributed by atoms with Gasteiger partial charge in [0.25, 0.3) is 11.8 Å². The molecule has 39 heavy (non-hydrogen) atoms. The zero-order valence-electron chi connectivity index (χ0n) is 24.4.